The van der Waals surface area contributed by atoms with Gasteiger partial charge in [0.1, 0.15) is 11.7 Å². The molecule has 0 aromatic carbocycles. The van der Waals surface area contributed by atoms with Crippen LogP contribution >= 0.6 is 0 Å². The van der Waals surface area contributed by atoms with Crippen molar-refractivity contribution in [1.82, 2.24) is 24.8 Å². The Kier molecular flexibility index (Phi) is 5.31. The number of nitrogens with two attached hydrogens (primary N) is 1. The van der Waals surface area contributed by atoms with E-state index in [1.54, 1.807) is 49.1 Å². The predicted molar refractivity (Wildman–Crippen MR) is 94.8 cm³/mol. The van der Waals surface area contributed by atoms with Gasteiger partial charge in [-0.2, -0.15) is 0 Å². The van der Waals surface area contributed by atoms with Crippen LogP contribution in [0.5, 0.6) is 0 Å². The molecule has 0 bridgehead atoms. The van der Waals surface area contributed by atoms with Crippen molar-refractivity contribution in [3.63, 3.8) is 0 Å². The standard InChI is InChI=1S/C18H16N6O3/c19-17(26)16(25)14(8-12-3-6-20-7-4-12)23-18(27)15-10-22-11-24(15)13-2-1-5-21-9-13/h1-7,9-11,14H,8H2,(H2,19,26)(H,23,27). The summed E-state index contributed by atoms with van der Waals surface area (Å²) < 4.78 is 1.53. The molecule has 3 aromatic rings. The second kappa shape index (κ2) is 8.00. The van der Waals surface area contributed by atoms with Crippen LogP contribution in [0.15, 0.2) is 61.6 Å². The van der Waals surface area contributed by atoms with Gasteiger partial charge in [-0.05, 0) is 29.8 Å². The smallest absolute Gasteiger partial charge is 0.287 e. The molecule has 136 valence electrons. The summed E-state index contributed by atoms with van der Waals surface area (Å²) in [5, 5.41) is 2.57. The highest BCUT2D eigenvalue weighted by Crippen LogP contribution is 2.11. The first-order chi connectivity index (χ1) is 13.1. The van der Waals surface area contributed by atoms with Crippen LogP contribution in [0.25, 0.3) is 5.69 Å². The van der Waals surface area contributed by atoms with Gasteiger partial charge >= 0.3 is 0 Å². The molecule has 3 aromatic heterocycles. The number of hydrogen-bond donors (Lipinski definition) is 2. The third-order valence-electron chi connectivity index (χ3n) is 3.85. The lowest BCUT2D eigenvalue weighted by Gasteiger charge is -2.17. The van der Waals surface area contributed by atoms with Gasteiger partial charge in [0.15, 0.2) is 0 Å². The third-order valence-corrected chi connectivity index (χ3v) is 3.85. The van der Waals surface area contributed by atoms with Gasteiger partial charge in [0.05, 0.1) is 24.4 Å². The number of nitrogens with one attached hydrogen (secondary N) is 1. The van der Waals surface area contributed by atoms with E-state index >= 15 is 0 Å². The van der Waals surface area contributed by atoms with E-state index in [4.69, 9.17) is 5.73 Å². The number of ketones is 1. The zero-order valence-electron chi connectivity index (χ0n) is 14.1. The topological polar surface area (TPSA) is 133 Å². The Morgan fingerprint density at radius 2 is 1.81 bits per heavy atom. The molecule has 3 rings (SSSR count). The molecule has 0 aliphatic carbocycles. The van der Waals surface area contributed by atoms with E-state index in [9.17, 15) is 14.4 Å². The maximum Gasteiger partial charge on any atom is 0.287 e. The van der Waals surface area contributed by atoms with Crippen molar-refractivity contribution in [2.45, 2.75) is 12.5 Å². The molecular formula is C18H16N6O3. The van der Waals surface area contributed by atoms with Gasteiger partial charge < -0.3 is 11.1 Å². The molecule has 3 N–H and O–H groups in total. The Morgan fingerprint density at radius 3 is 2.48 bits per heavy atom. The lowest BCUT2D eigenvalue weighted by Crippen LogP contribution is -2.47. The molecule has 0 saturated carbocycles. The number of pyridine rings is 2. The summed E-state index contributed by atoms with van der Waals surface area (Å²) in [5.41, 5.74) is 6.68. The van der Waals surface area contributed by atoms with Crippen LogP contribution in [0, 0.1) is 0 Å². The van der Waals surface area contributed by atoms with Crippen LogP contribution < -0.4 is 11.1 Å². The Morgan fingerprint density at radius 1 is 1.04 bits per heavy atom. The molecule has 0 aliphatic heterocycles. The monoisotopic (exact) mass is 364 g/mol. The van der Waals surface area contributed by atoms with Crippen LogP contribution in [-0.2, 0) is 16.0 Å². The largest absolute Gasteiger partial charge is 0.363 e. The van der Waals surface area contributed by atoms with Crippen molar-refractivity contribution in [2.75, 3.05) is 0 Å². The second-order valence-corrected chi connectivity index (χ2v) is 5.67. The van der Waals surface area contributed by atoms with Gasteiger partial charge in [0.2, 0.25) is 5.78 Å². The van der Waals surface area contributed by atoms with E-state index in [0.29, 0.717) is 5.69 Å². The minimum atomic E-state index is -1.12. The molecule has 0 fully saturated rings. The molecule has 1 unspecified atom stereocenters. The number of primary amides is 1. The van der Waals surface area contributed by atoms with E-state index in [-0.39, 0.29) is 12.1 Å². The molecule has 1 atom stereocenters. The van der Waals surface area contributed by atoms with E-state index in [1.807, 2.05) is 0 Å². The maximum atomic E-state index is 12.7. The van der Waals surface area contributed by atoms with Crippen molar-refractivity contribution < 1.29 is 14.4 Å². The Balaban J connectivity index is 1.84. The minimum absolute atomic E-state index is 0.108. The molecule has 2 amide bonds. The summed E-state index contributed by atoms with van der Waals surface area (Å²) in [6.45, 7) is 0. The van der Waals surface area contributed by atoms with E-state index in [1.165, 1.54) is 17.1 Å². The summed E-state index contributed by atoms with van der Waals surface area (Å²) in [4.78, 5) is 48.1. The Bertz CT molecular complexity index is 955. The lowest BCUT2D eigenvalue weighted by molar-refractivity contribution is -0.137. The molecule has 3 heterocycles. The third kappa shape index (κ3) is 4.21. The molecule has 27 heavy (non-hydrogen) atoms. The maximum absolute atomic E-state index is 12.7. The van der Waals surface area contributed by atoms with Gasteiger partial charge in [-0.25, -0.2) is 4.98 Å². The molecule has 0 saturated heterocycles. The number of carbonyl (C=O) groups excluding carboxylic acids is 3. The zero-order chi connectivity index (χ0) is 19.2. The predicted octanol–water partition coefficient (Wildman–Crippen LogP) is 0.0578. The fourth-order valence-corrected chi connectivity index (χ4v) is 2.53. The molecule has 9 heteroatoms. The Labute approximate surface area is 154 Å². The number of nitrogens with zero attached hydrogens (tertiary/aromatic N) is 4. The lowest BCUT2D eigenvalue weighted by atomic mass is 10.0. The van der Waals surface area contributed by atoms with Crippen molar-refractivity contribution >= 4 is 17.6 Å². The molecular weight excluding hydrogens is 348 g/mol. The van der Waals surface area contributed by atoms with Gasteiger partial charge in [-0.15, -0.1) is 0 Å². The van der Waals surface area contributed by atoms with Crippen LogP contribution in [-0.4, -0.2) is 43.2 Å². The van der Waals surface area contributed by atoms with Crippen molar-refractivity contribution in [1.29, 1.82) is 0 Å². The number of aromatic nitrogens is 4. The summed E-state index contributed by atoms with van der Waals surface area (Å²) in [6, 6.07) is 5.75. The average Bonchev–Trinajstić information content (AvgIpc) is 3.18. The second-order valence-electron chi connectivity index (χ2n) is 5.67. The molecule has 0 aliphatic rings. The van der Waals surface area contributed by atoms with Gasteiger partial charge in [-0.1, -0.05) is 0 Å². The van der Waals surface area contributed by atoms with Crippen molar-refractivity contribution in [3.8, 4) is 5.69 Å². The number of hydrogen-bond acceptors (Lipinski definition) is 6. The van der Waals surface area contributed by atoms with Crippen molar-refractivity contribution in [3.05, 3.63) is 72.8 Å². The number of rotatable bonds is 7. The normalized spacial score (nSPS) is 11.6. The van der Waals surface area contributed by atoms with Gasteiger partial charge in [0.25, 0.3) is 11.8 Å². The summed E-state index contributed by atoms with van der Waals surface area (Å²) >= 11 is 0. The highest BCUT2D eigenvalue weighted by molar-refractivity contribution is 6.38. The van der Waals surface area contributed by atoms with Crippen LogP contribution in [0.1, 0.15) is 16.1 Å². The number of carbonyl (C=O) groups is 3. The highest BCUT2D eigenvalue weighted by Gasteiger charge is 2.27. The number of amides is 2. The first kappa shape index (κ1) is 17.9. The fourth-order valence-electron chi connectivity index (χ4n) is 2.53. The van der Waals surface area contributed by atoms with E-state index in [0.717, 1.165) is 5.56 Å². The summed E-state index contributed by atoms with van der Waals surface area (Å²) in [5.74, 6) is -2.56. The number of imidazole rings is 1. The Hall–Kier alpha value is -3.88. The molecule has 0 radical (unpaired) electrons. The zero-order valence-corrected chi connectivity index (χ0v) is 14.1. The van der Waals surface area contributed by atoms with Crippen molar-refractivity contribution in [2.24, 2.45) is 5.73 Å². The minimum Gasteiger partial charge on any atom is -0.363 e. The first-order valence-corrected chi connectivity index (χ1v) is 8.02. The van der Waals surface area contributed by atoms with Gasteiger partial charge in [0, 0.05) is 25.0 Å². The summed E-state index contributed by atoms with van der Waals surface area (Å²) in [7, 11) is 0. The quantitative estimate of drug-likeness (QED) is 0.570. The highest BCUT2D eigenvalue weighted by atomic mass is 16.2. The van der Waals surface area contributed by atoms with Crippen LogP contribution in [0.2, 0.25) is 0 Å². The van der Waals surface area contributed by atoms with E-state index < -0.39 is 23.6 Å². The molecule has 0 spiro atoms. The van der Waals surface area contributed by atoms with Crippen LogP contribution in [0.4, 0.5) is 0 Å². The molecule has 9 nitrogen and oxygen atoms in total. The van der Waals surface area contributed by atoms with Gasteiger partial charge in [-0.3, -0.25) is 28.9 Å². The number of Topliss-reactive ketones (excluding diaryl/α,β-unsaturated/α-hetero) is 1. The fraction of sp³-hybridized carbons (Fsp3) is 0.111. The summed E-state index contributed by atoms with van der Waals surface area (Å²) in [6.07, 6.45) is 9.22. The van der Waals surface area contributed by atoms with Crippen LogP contribution in [0.3, 0.4) is 0 Å². The average molecular weight is 364 g/mol. The van der Waals surface area contributed by atoms with E-state index in [2.05, 4.69) is 20.3 Å². The first-order valence-electron chi connectivity index (χ1n) is 8.02. The SMILES string of the molecule is NC(=O)C(=O)C(Cc1ccncc1)NC(=O)c1cncn1-c1cccnc1.